The molecular weight excluding hydrogens is 406 g/mol. The van der Waals surface area contributed by atoms with Gasteiger partial charge in [0.2, 0.25) is 15.9 Å². The molecule has 6 nitrogen and oxygen atoms in total. The Morgan fingerprint density at radius 1 is 1.24 bits per heavy atom. The van der Waals surface area contributed by atoms with E-state index in [-0.39, 0.29) is 22.8 Å². The molecule has 1 heterocycles. The Morgan fingerprint density at radius 3 is 2.66 bits per heavy atom. The molecule has 2 N–H and O–H groups in total. The molecule has 0 unspecified atom stereocenters. The molecule has 4 atom stereocenters. The first kappa shape index (κ1) is 22.2. The number of carbonyl (C=O) groups excluding carboxylic acids is 1. The number of rotatable bonds is 6. The Morgan fingerprint density at radius 2 is 1.97 bits per heavy atom. The zero-order valence-corrected chi connectivity index (χ0v) is 19.4. The molecule has 1 aliphatic rings. The molecule has 0 spiro atoms. The highest BCUT2D eigenvalue weighted by Crippen LogP contribution is 2.30. The van der Waals surface area contributed by atoms with Gasteiger partial charge in [0.25, 0.3) is 0 Å². The van der Waals surface area contributed by atoms with E-state index in [4.69, 9.17) is 0 Å². The molecule has 1 saturated carbocycles. The molecule has 3 rings (SSSR count). The number of nitrogens with zero attached hydrogens (tertiary/aromatic N) is 1. The lowest BCUT2D eigenvalue weighted by molar-refractivity contribution is -0.125. The van der Waals surface area contributed by atoms with Crippen LogP contribution in [-0.2, 0) is 14.8 Å². The molecule has 1 fully saturated rings. The number of carbonyl (C=O) groups is 1. The Kier molecular flexibility index (Phi) is 6.65. The van der Waals surface area contributed by atoms with Gasteiger partial charge in [-0.05, 0) is 49.3 Å². The standard InChI is InChI=1S/C21H31N3O3S2/c1-12(2)20(21(25)23-17-8-6-7-13(3)14(17)4)24-29(26,27)16-9-10-18-19(11-16)28-15(5)22-18/h9-14,17,20,24H,6-8H2,1-5H3,(H,23,25)/t13-,14+,17+,20-/m0/s1. The number of nitrogens with one attached hydrogen (secondary N) is 2. The SMILES string of the molecule is Cc1nc2ccc(S(=O)(=O)N[C@H](C(=O)N[C@@H]3CCC[C@H](C)[C@H]3C)C(C)C)cc2s1. The lowest BCUT2D eigenvalue weighted by atomic mass is 9.78. The number of sulfonamides is 1. The number of hydrogen-bond donors (Lipinski definition) is 2. The van der Waals surface area contributed by atoms with Crippen molar-refractivity contribution in [2.75, 3.05) is 0 Å². The second kappa shape index (κ2) is 8.70. The van der Waals surface area contributed by atoms with Crippen molar-refractivity contribution in [3.8, 4) is 0 Å². The molecule has 29 heavy (non-hydrogen) atoms. The molecule has 1 aromatic carbocycles. The summed E-state index contributed by atoms with van der Waals surface area (Å²) in [6, 6.07) is 4.16. The van der Waals surface area contributed by atoms with E-state index < -0.39 is 16.1 Å². The topological polar surface area (TPSA) is 88.2 Å². The van der Waals surface area contributed by atoms with Crippen molar-refractivity contribution in [1.82, 2.24) is 15.0 Å². The monoisotopic (exact) mass is 437 g/mol. The van der Waals surface area contributed by atoms with Crippen molar-refractivity contribution in [3.05, 3.63) is 23.2 Å². The number of aromatic nitrogens is 1. The highest BCUT2D eigenvalue weighted by molar-refractivity contribution is 7.89. The number of amides is 1. The number of benzene rings is 1. The summed E-state index contributed by atoms with van der Waals surface area (Å²) >= 11 is 1.45. The van der Waals surface area contributed by atoms with Crippen LogP contribution in [0.25, 0.3) is 10.2 Å². The molecule has 160 valence electrons. The highest BCUT2D eigenvalue weighted by Gasteiger charge is 2.33. The van der Waals surface area contributed by atoms with Crippen molar-refractivity contribution in [2.45, 2.75) is 70.9 Å². The number of aryl methyl sites for hydroxylation is 1. The Bertz CT molecular complexity index is 984. The fraction of sp³-hybridized carbons (Fsp3) is 0.619. The smallest absolute Gasteiger partial charge is 0.241 e. The maximum absolute atomic E-state index is 13.0. The average Bonchev–Trinajstić information content (AvgIpc) is 3.02. The number of fused-ring (bicyclic) bond motifs is 1. The predicted octanol–water partition coefficient (Wildman–Crippen LogP) is 3.85. The minimum atomic E-state index is -3.83. The van der Waals surface area contributed by atoms with Crippen molar-refractivity contribution in [1.29, 1.82) is 0 Å². The molecule has 1 aliphatic carbocycles. The van der Waals surface area contributed by atoms with Gasteiger partial charge >= 0.3 is 0 Å². The third-order valence-corrected chi connectivity index (χ3v) is 8.42. The summed E-state index contributed by atoms with van der Waals surface area (Å²) in [4.78, 5) is 17.5. The van der Waals surface area contributed by atoms with Gasteiger partial charge in [0, 0.05) is 6.04 Å². The van der Waals surface area contributed by atoms with E-state index >= 15 is 0 Å². The van der Waals surface area contributed by atoms with Crippen LogP contribution in [0.4, 0.5) is 0 Å². The van der Waals surface area contributed by atoms with Crippen molar-refractivity contribution in [2.24, 2.45) is 17.8 Å². The van der Waals surface area contributed by atoms with Gasteiger partial charge in [-0.2, -0.15) is 4.72 Å². The summed E-state index contributed by atoms with van der Waals surface area (Å²) < 4.78 is 29.5. The van der Waals surface area contributed by atoms with Gasteiger partial charge in [0.05, 0.1) is 20.1 Å². The number of hydrogen-bond acceptors (Lipinski definition) is 5. The molecule has 1 aromatic heterocycles. The summed E-state index contributed by atoms with van der Waals surface area (Å²) in [6.07, 6.45) is 3.20. The van der Waals surface area contributed by atoms with Crippen LogP contribution in [0.15, 0.2) is 23.1 Å². The zero-order chi connectivity index (χ0) is 21.3. The van der Waals surface area contributed by atoms with Crippen molar-refractivity contribution in [3.63, 3.8) is 0 Å². The van der Waals surface area contributed by atoms with Crippen LogP contribution in [0.1, 0.15) is 52.0 Å². The lowest BCUT2D eigenvalue weighted by Gasteiger charge is -2.35. The minimum Gasteiger partial charge on any atom is -0.352 e. The van der Waals surface area contributed by atoms with E-state index in [1.54, 1.807) is 18.2 Å². The van der Waals surface area contributed by atoms with E-state index in [9.17, 15) is 13.2 Å². The second-order valence-electron chi connectivity index (χ2n) is 8.59. The van der Waals surface area contributed by atoms with Gasteiger partial charge in [0.1, 0.15) is 6.04 Å². The Balaban J connectivity index is 1.78. The summed E-state index contributed by atoms with van der Waals surface area (Å²) in [5, 5.41) is 4.00. The molecular formula is C21H31N3O3S2. The summed E-state index contributed by atoms with van der Waals surface area (Å²) in [5.41, 5.74) is 0.782. The van der Waals surface area contributed by atoms with Gasteiger partial charge in [0.15, 0.2) is 0 Å². The van der Waals surface area contributed by atoms with E-state index in [0.717, 1.165) is 28.1 Å². The van der Waals surface area contributed by atoms with E-state index in [0.29, 0.717) is 11.8 Å². The van der Waals surface area contributed by atoms with Crippen LogP contribution >= 0.6 is 11.3 Å². The predicted molar refractivity (Wildman–Crippen MR) is 117 cm³/mol. The molecule has 0 bridgehead atoms. The third-order valence-electron chi connectivity index (χ3n) is 6.04. The van der Waals surface area contributed by atoms with Crippen LogP contribution in [0.5, 0.6) is 0 Å². The second-order valence-corrected chi connectivity index (χ2v) is 11.5. The first-order valence-electron chi connectivity index (χ1n) is 10.3. The van der Waals surface area contributed by atoms with E-state index in [2.05, 4.69) is 28.9 Å². The van der Waals surface area contributed by atoms with Gasteiger partial charge in [-0.15, -0.1) is 11.3 Å². The van der Waals surface area contributed by atoms with E-state index in [1.165, 1.54) is 17.8 Å². The van der Waals surface area contributed by atoms with E-state index in [1.807, 2.05) is 20.8 Å². The Hall–Kier alpha value is -1.51. The molecule has 0 radical (unpaired) electrons. The van der Waals surface area contributed by atoms with Gasteiger partial charge in [-0.1, -0.05) is 40.5 Å². The highest BCUT2D eigenvalue weighted by atomic mass is 32.2. The van der Waals surface area contributed by atoms with Gasteiger partial charge in [-0.3, -0.25) is 4.79 Å². The fourth-order valence-corrected chi connectivity index (χ4v) is 6.28. The summed E-state index contributed by atoms with van der Waals surface area (Å²) in [5.74, 6) is 0.520. The fourth-order valence-electron chi connectivity index (χ4n) is 3.97. The molecule has 0 aliphatic heterocycles. The van der Waals surface area contributed by atoms with Crippen LogP contribution in [0, 0.1) is 24.7 Å². The summed E-state index contributed by atoms with van der Waals surface area (Å²) in [6.45, 7) is 9.98. The van der Waals surface area contributed by atoms with Crippen LogP contribution < -0.4 is 10.0 Å². The first-order chi connectivity index (χ1) is 13.6. The molecule has 8 heteroatoms. The maximum Gasteiger partial charge on any atom is 0.241 e. The maximum atomic E-state index is 13.0. The molecule has 0 saturated heterocycles. The van der Waals surface area contributed by atoms with Crippen LogP contribution in [0.2, 0.25) is 0 Å². The Labute approximate surface area is 177 Å². The summed E-state index contributed by atoms with van der Waals surface area (Å²) in [7, 11) is -3.83. The lowest BCUT2D eigenvalue weighted by Crippen LogP contribution is -2.54. The van der Waals surface area contributed by atoms with Crippen LogP contribution in [-0.4, -0.2) is 31.4 Å². The first-order valence-corrected chi connectivity index (χ1v) is 12.6. The zero-order valence-electron chi connectivity index (χ0n) is 17.7. The minimum absolute atomic E-state index is 0.0912. The van der Waals surface area contributed by atoms with Crippen LogP contribution in [0.3, 0.4) is 0 Å². The van der Waals surface area contributed by atoms with Crippen molar-refractivity contribution < 1.29 is 13.2 Å². The normalized spacial score (nSPS) is 24.0. The average molecular weight is 438 g/mol. The number of thiazole rings is 1. The quantitative estimate of drug-likeness (QED) is 0.718. The molecule has 1 amide bonds. The van der Waals surface area contributed by atoms with Gasteiger partial charge < -0.3 is 5.32 Å². The van der Waals surface area contributed by atoms with Gasteiger partial charge in [-0.25, -0.2) is 13.4 Å². The largest absolute Gasteiger partial charge is 0.352 e. The third kappa shape index (κ3) is 4.98. The molecule has 2 aromatic rings. The van der Waals surface area contributed by atoms with Crippen molar-refractivity contribution >= 4 is 37.5 Å².